The zero-order valence-corrected chi connectivity index (χ0v) is 11.7. The summed E-state index contributed by atoms with van der Waals surface area (Å²) in [6.45, 7) is 2.23. The number of nitro groups is 1. The highest BCUT2D eigenvalue weighted by Gasteiger charge is 2.14. The van der Waals surface area contributed by atoms with Crippen molar-refractivity contribution >= 4 is 17.3 Å². The van der Waals surface area contributed by atoms with E-state index in [0.717, 1.165) is 11.3 Å². The Kier molecular flexibility index (Phi) is 3.88. The molecule has 110 valence electrons. The average molecular weight is 289 g/mol. The van der Waals surface area contributed by atoms with Crippen LogP contribution in [0.3, 0.4) is 0 Å². The summed E-state index contributed by atoms with van der Waals surface area (Å²) >= 11 is 0. The minimum absolute atomic E-state index is 0.0368. The molecular weight excluding hydrogens is 274 g/mol. The van der Waals surface area contributed by atoms with Crippen molar-refractivity contribution in [3.8, 4) is 0 Å². The Hall–Kier alpha value is -2.90. The molecule has 1 amide bonds. The van der Waals surface area contributed by atoms with Crippen molar-refractivity contribution in [1.29, 1.82) is 0 Å². The Balaban J connectivity index is 2.09. The third-order valence-corrected chi connectivity index (χ3v) is 3.26. The maximum Gasteiger partial charge on any atom is 0.292 e. The number of nitrogen functional groups attached to an aromatic ring is 1. The highest BCUT2D eigenvalue weighted by atomic mass is 16.6. The fourth-order valence-electron chi connectivity index (χ4n) is 1.86. The molecule has 0 fully saturated rings. The molecule has 0 radical (unpaired) electrons. The molecule has 0 aliphatic carbocycles. The van der Waals surface area contributed by atoms with Crippen LogP contribution >= 0.6 is 0 Å². The maximum atomic E-state index is 12.0. The molecule has 0 unspecified atom stereocenters. The molecule has 8 nitrogen and oxygen atoms in total. The summed E-state index contributed by atoms with van der Waals surface area (Å²) in [6.07, 6.45) is 1.68. The number of hydrogen-bond donors (Lipinski definition) is 2. The minimum atomic E-state index is -0.587. The molecule has 0 aliphatic rings. The van der Waals surface area contributed by atoms with E-state index in [1.54, 1.807) is 10.9 Å². The number of nitrogens with zero attached hydrogens (tertiary/aromatic N) is 3. The molecule has 0 bridgehead atoms. The molecule has 0 aliphatic heterocycles. The first-order valence-corrected chi connectivity index (χ1v) is 6.19. The number of carbonyl (C=O) groups is 1. The molecule has 8 heteroatoms. The van der Waals surface area contributed by atoms with Crippen molar-refractivity contribution in [3.63, 3.8) is 0 Å². The Morgan fingerprint density at radius 2 is 2.24 bits per heavy atom. The second kappa shape index (κ2) is 5.61. The Morgan fingerprint density at radius 3 is 2.76 bits per heavy atom. The molecule has 1 aromatic carbocycles. The van der Waals surface area contributed by atoms with E-state index in [-0.39, 0.29) is 22.8 Å². The van der Waals surface area contributed by atoms with Gasteiger partial charge in [0.2, 0.25) is 0 Å². The molecule has 0 saturated carbocycles. The van der Waals surface area contributed by atoms with E-state index in [1.807, 2.05) is 14.0 Å². The number of nitrogens with two attached hydrogens (primary N) is 1. The predicted molar refractivity (Wildman–Crippen MR) is 76.6 cm³/mol. The number of benzene rings is 1. The fourth-order valence-corrected chi connectivity index (χ4v) is 1.86. The summed E-state index contributed by atoms with van der Waals surface area (Å²) in [5.41, 5.74) is 7.45. The molecule has 1 aromatic heterocycles. The van der Waals surface area contributed by atoms with Crippen LogP contribution in [0.25, 0.3) is 0 Å². The van der Waals surface area contributed by atoms with Gasteiger partial charge in [0.05, 0.1) is 11.1 Å². The number of nitro benzene ring substituents is 1. The quantitative estimate of drug-likeness (QED) is 0.497. The number of rotatable bonds is 4. The monoisotopic (exact) mass is 289 g/mol. The van der Waals surface area contributed by atoms with Crippen LogP contribution < -0.4 is 11.1 Å². The lowest BCUT2D eigenvalue weighted by Crippen LogP contribution is -2.23. The van der Waals surface area contributed by atoms with Crippen LogP contribution in [0.4, 0.5) is 11.4 Å². The van der Waals surface area contributed by atoms with Crippen LogP contribution in [0.15, 0.2) is 24.4 Å². The summed E-state index contributed by atoms with van der Waals surface area (Å²) in [4.78, 5) is 22.1. The van der Waals surface area contributed by atoms with Crippen molar-refractivity contribution in [2.45, 2.75) is 13.5 Å². The standard InChI is InChI=1S/C13H15N5O3/c1-8-10(7-16-17(8)2)6-15-13(19)9-3-4-12(18(20)21)11(14)5-9/h3-5,7H,6,14H2,1-2H3,(H,15,19). The van der Waals surface area contributed by atoms with E-state index in [9.17, 15) is 14.9 Å². The van der Waals surface area contributed by atoms with Crippen molar-refractivity contribution in [2.75, 3.05) is 5.73 Å². The second-order valence-electron chi connectivity index (χ2n) is 4.59. The molecule has 2 aromatic rings. The largest absolute Gasteiger partial charge is 0.393 e. The fraction of sp³-hybridized carbons (Fsp3) is 0.231. The van der Waals surface area contributed by atoms with Gasteiger partial charge < -0.3 is 11.1 Å². The average Bonchev–Trinajstić information content (AvgIpc) is 2.75. The Bertz CT molecular complexity index is 708. The van der Waals surface area contributed by atoms with Crippen molar-refractivity contribution in [3.05, 3.63) is 51.3 Å². The first-order chi connectivity index (χ1) is 9.90. The van der Waals surface area contributed by atoms with Gasteiger partial charge >= 0.3 is 0 Å². The maximum absolute atomic E-state index is 12.0. The summed E-state index contributed by atoms with van der Waals surface area (Å²) in [6, 6.07) is 3.89. The Morgan fingerprint density at radius 1 is 1.52 bits per heavy atom. The number of amides is 1. The van der Waals surface area contributed by atoms with Crippen LogP contribution in [0.2, 0.25) is 0 Å². The molecule has 0 atom stereocenters. The normalized spacial score (nSPS) is 10.4. The van der Waals surface area contributed by atoms with Crippen LogP contribution in [-0.2, 0) is 13.6 Å². The number of hydrogen-bond acceptors (Lipinski definition) is 5. The van der Waals surface area contributed by atoms with Gasteiger partial charge in [-0.05, 0) is 19.1 Å². The van der Waals surface area contributed by atoms with E-state index < -0.39 is 4.92 Å². The third-order valence-electron chi connectivity index (χ3n) is 3.26. The van der Waals surface area contributed by atoms with Gasteiger partial charge in [-0.2, -0.15) is 5.10 Å². The summed E-state index contributed by atoms with van der Waals surface area (Å²) < 4.78 is 1.71. The summed E-state index contributed by atoms with van der Waals surface area (Å²) in [5.74, 6) is -0.347. The summed E-state index contributed by atoms with van der Waals surface area (Å²) in [7, 11) is 1.82. The number of carbonyl (C=O) groups excluding carboxylic acids is 1. The first-order valence-electron chi connectivity index (χ1n) is 6.19. The number of aromatic nitrogens is 2. The SMILES string of the molecule is Cc1c(CNC(=O)c2ccc([N+](=O)[O-])c(N)c2)cnn1C. The zero-order valence-electron chi connectivity index (χ0n) is 11.7. The third kappa shape index (κ3) is 2.99. The van der Waals surface area contributed by atoms with E-state index in [1.165, 1.54) is 18.2 Å². The lowest BCUT2D eigenvalue weighted by molar-refractivity contribution is -0.383. The van der Waals surface area contributed by atoms with Crippen molar-refractivity contribution in [1.82, 2.24) is 15.1 Å². The minimum Gasteiger partial charge on any atom is -0.393 e. The molecule has 0 spiro atoms. The van der Waals surface area contributed by atoms with Crippen molar-refractivity contribution in [2.24, 2.45) is 7.05 Å². The van der Waals surface area contributed by atoms with Gasteiger partial charge in [0, 0.05) is 36.5 Å². The van der Waals surface area contributed by atoms with Crippen LogP contribution in [-0.4, -0.2) is 20.6 Å². The van der Waals surface area contributed by atoms with Gasteiger partial charge in [-0.1, -0.05) is 0 Å². The van der Waals surface area contributed by atoms with Gasteiger partial charge in [0.1, 0.15) is 5.69 Å². The van der Waals surface area contributed by atoms with Gasteiger partial charge in [-0.15, -0.1) is 0 Å². The molecular formula is C13H15N5O3. The lowest BCUT2D eigenvalue weighted by atomic mass is 10.1. The van der Waals surface area contributed by atoms with Crippen LogP contribution in [0, 0.1) is 17.0 Å². The molecule has 1 heterocycles. The molecule has 21 heavy (non-hydrogen) atoms. The van der Waals surface area contributed by atoms with Gasteiger partial charge in [-0.25, -0.2) is 0 Å². The number of nitrogens with one attached hydrogen (secondary N) is 1. The van der Waals surface area contributed by atoms with Crippen molar-refractivity contribution < 1.29 is 9.72 Å². The topological polar surface area (TPSA) is 116 Å². The van der Waals surface area contributed by atoms with Gasteiger partial charge in [-0.3, -0.25) is 19.6 Å². The molecule has 0 saturated heterocycles. The van der Waals surface area contributed by atoms with E-state index in [0.29, 0.717) is 6.54 Å². The smallest absolute Gasteiger partial charge is 0.292 e. The highest BCUT2D eigenvalue weighted by Crippen LogP contribution is 2.22. The predicted octanol–water partition coefficient (Wildman–Crippen LogP) is 1.15. The number of anilines is 1. The Labute approximate surface area is 120 Å². The van der Waals surface area contributed by atoms with E-state index in [4.69, 9.17) is 5.73 Å². The molecule has 2 rings (SSSR count). The number of aryl methyl sites for hydroxylation is 1. The highest BCUT2D eigenvalue weighted by molar-refractivity contribution is 5.95. The van der Waals surface area contributed by atoms with E-state index in [2.05, 4.69) is 10.4 Å². The first kappa shape index (κ1) is 14.5. The van der Waals surface area contributed by atoms with Crippen LogP contribution in [0.1, 0.15) is 21.6 Å². The van der Waals surface area contributed by atoms with Crippen LogP contribution in [0.5, 0.6) is 0 Å². The second-order valence-corrected chi connectivity index (χ2v) is 4.59. The molecule has 3 N–H and O–H groups in total. The van der Waals surface area contributed by atoms with Gasteiger partial charge in [0.15, 0.2) is 0 Å². The summed E-state index contributed by atoms with van der Waals surface area (Å²) in [5, 5.41) is 17.5. The van der Waals surface area contributed by atoms with E-state index >= 15 is 0 Å². The van der Waals surface area contributed by atoms with Gasteiger partial charge in [0.25, 0.3) is 11.6 Å². The zero-order chi connectivity index (χ0) is 15.6. The lowest BCUT2D eigenvalue weighted by Gasteiger charge is -2.06.